The van der Waals surface area contributed by atoms with Crippen molar-refractivity contribution < 1.29 is 32.3 Å². The summed E-state index contributed by atoms with van der Waals surface area (Å²) in [5.41, 5.74) is 0.332. The number of quaternary nitrogens is 1. The Morgan fingerprint density at radius 1 is 0.923 bits per heavy atom. The van der Waals surface area contributed by atoms with Gasteiger partial charge in [-0.25, -0.2) is 8.42 Å². The fourth-order valence-corrected chi connectivity index (χ4v) is 10.5. The highest BCUT2D eigenvalue weighted by Crippen LogP contribution is 2.69. The van der Waals surface area contributed by atoms with Crippen LogP contribution in [0.4, 0.5) is 0 Å². The first-order valence-corrected chi connectivity index (χ1v) is 17.4. The van der Waals surface area contributed by atoms with Gasteiger partial charge in [0.05, 0.1) is 38.4 Å². The number of hydrogen-bond acceptors (Lipinski definition) is 6. The predicted octanol–water partition coefficient (Wildman–Crippen LogP) is 4.05. The lowest BCUT2D eigenvalue weighted by atomic mass is 9.41. The van der Waals surface area contributed by atoms with Gasteiger partial charge in [0.15, 0.2) is 0 Å². The van der Waals surface area contributed by atoms with Crippen LogP contribution in [0.1, 0.15) is 106 Å². The van der Waals surface area contributed by atoms with E-state index in [2.05, 4.69) is 52.6 Å². The second kappa shape index (κ2) is 13.4. The van der Waals surface area contributed by atoms with Crippen LogP contribution < -0.4 is 4.90 Å². The summed E-state index contributed by atoms with van der Waals surface area (Å²) in [6.45, 7) is 19.7. The van der Waals surface area contributed by atoms with E-state index in [1.54, 1.807) is 4.90 Å². The van der Waals surface area contributed by atoms with Crippen LogP contribution in [0, 0.1) is 52.3 Å². The van der Waals surface area contributed by atoms with E-state index in [9.17, 15) is 23.2 Å². The van der Waals surface area contributed by atoms with E-state index in [1.165, 1.54) is 19.6 Å². The number of hydrogen-bond donors (Lipinski definition) is 3. The molecule has 39 heavy (non-hydrogen) atoms. The molecule has 8 heteroatoms. The van der Waals surface area contributed by atoms with Gasteiger partial charge in [-0.1, -0.05) is 34.1 Å². The van der Waals surface area contributed by atoms with Gasteiger partial charge < -0.3 is 19.7 Å². The number of rotatable bonds is 9. The fraction of sp³-hybridized carbons (Fsp3) is 1.00. The molecule has 4 fully saturated rings. The minimum atomic E-state index is -4.64. The second-order valence-electron chi connectivity index (χ2n) is 13.9. The Kier molecular flexibility index (Phi) is 11.4. The van der Waals surface area contributed by atoms with E-state index >= 15 is 0 Å². The predicted molar refractivity (Wildman–Crippen MR) is 154 cm³/mol. The van der Waals surface area contributed by atoms with E-state index in [-0.39, 0.29) is 41.5 Å². The van der Waals surface area contributed by atoms with Crippen molar-refractivity contribution in [3.63, 3.8) is 0 Å². The van der Waals surface area contributed by atoms with E-state index in [0.717, 1.165) is 51.4 Å². The van der Waals surface area contributed by atoms with Crippen LogP contribution in [0.15, 0.2) is 0 Å². The molecule has 0 spiro atoms. The molecule has 0 aromatic rings. The average molecular weight is 574 g/mol. The van der Waals surface area contributed by atoms with Crippen molar-refractivity contribution >= 4 is 10.4 Å². The van der Waals surface area contributed by atoms with Gasteiger partial charge in [-0.3, -0.25) is 4.18 Å². The third-order valence-electron chi connectivity index (χ3n) is 12.5. The Hall–Kier alpha value is -0.250. The first-order valence-electron chi connectivity index (χ1n) is 16.1. The summed E-state index contributed by atoms with van der Waals surface area (Å²) < 4.78 is 37.0. The Balaban J connectivity index is 0.000000532. The van der Waals surface area contributed by atoms with Crippen LogP contribution in [-0.2, 0) is 14.6 Å². The Labute approximate surface area is 239 Å². The highest BCUT2D eigenvalue weighted by atomic mass is 32.3. The molecule has 4 unspecified atom stereocenters. The summed E-state index contributed by atoms with van der Waals surface area (Å²) in [7, 11) is -4.64. The Morgan fingerprint density at radius 2 is 1.51 bits per heavy atom. The zero-order valence-electron chi connectivity index (χ0n) is 25.8. The first-order chi connectivity index (χ1) is 18.3. The molecule has 0 aromatic carbocycles. The normalized spacial score (nSPS) is 42.6. The number of fused-ring (bicyclic) bond motifs is 5. The maximum absolute atomic E-state index is 11.7. The topological polar surface area (TPSA) is 111 Å². The number of aliphatic hydroxyl groups is 2. The molecule has 0 heterocycles. The molecule has 0 radical (unpaired) electrons. The van der Waals surface area contributed by atoms with Gasteiger partial charge in [0.25, 0.3) is 0 Å². The molecule has 0 saturated heterocycles. The SMILES string of the molecule is CC[C@H]1[C@H](O)C2C3CCC([C@H](C)CCOS(=O)(=O)[O-])[C@@]3(C)CCC2[C@@]2(C)CC[C@@H](O)C[C@@H]12.CC[NH+](CC)CC. The van der Waals surface area contributed by atoms with E-state index < -0.39 is 10.4 Å². The molecule has 0 amide bonds. The van der Waals surface area contributed by atoms with Gasteiger partial charge in [0.2, 0.25) is 10.4 Å². The maximum Gasteiger partial charge on any atom is 0.217 e. The molecule has 4 aliphatic rings. The zero-order valence-corrected chi connectivity index (χ0v) is 26.6. The van der Waals surface area contributed by atoms with Crippen LogP contribution in [-0.4, -0.2) is 61.6 Å². The van der Waals surface area contributed by atoms with Crippen molar-refractivity contribution in [3.8, 4) is 0 Å². The number of nitrogens with one attached hydrogen (secondary N) is 1. The van der Waals surface area contributed by atoms with Crippen molar-refractivity contribution in [2.45, 2.75) is 118 Å². The van der Waals surface area contributed by atoms with Crippen molar-refractivity contribution in [2.24, 2.45) is 52.3 Å². The average Bonchev–Trinajstić information content (AvgIpc) is 3.23. The van der Waals surface area contributed by atoms with Gasteiger partial charge in [0.1, 0.15) is 0 Å². The monoisotopic (exact) mass is 573 g/mol. The summed E-state index contributed by atoms with van der Waals surface area (Å²) in [6, 6.07) is 0. The van der Waals surface area contributed by atoms with Crippen LogP contribution in [0.2, 0.25) is 0 Å². The van der Waals surface area contributed by atoms with Crippen LogP contribution in [0.3, 0.4) is 0 Å². The quantitative estimate of drug-likeness (QED) is 0.284. The van der Waals surface area contributed by atoms with Crippen molar-refractivity contribution in [2.75, 3.05) is 26.2 Å². The lowest BCUT2D eigenvalue weighted by molar-refractivity contribution is -0.894. The van der Waals surface area contributed by atoms with Crippen LogP contribution in [0.5, 0.6) is 0 Å². The highest BCUT2D eigenvalue weighted by Gasteiger charge is 2.64. The first kappa shape index (κ1) is 33.3. The maximum atomic E-state index is 11.7. The largest absolute Gasteiger partial charge is 0.726 e. The molecule has 4 saturated carbocycles. The molecule has 3 N–H and O–H groups in total. The van der Waals surface area contributed by atoms with Gasteiger partial charge >= 0.3 is 0 Å². The van der Waals surface area contributed by atoms with Crippen LogP contribution >= 0.6 is 0 Å². The summed E-state index contributed by atoms with van der Waals surface area (Å²) in [4.78, 5) is 1.68. The standard InChI is InChI=1S/C25H44O6S.C6H15N/c1-5-17-21-14-16(26)8-11-25(21,4)20-9-12-24(3)18(6-7-19(24)22(20)23(17)27)15(2)10-13-31-32(28,29)30;1-4-7(5-2)6-3/h15-23,26-27H,5-14H2,1-4H3,(H,28,29,30);4-6H2,1-3H3/t15-,16-,17-,18?,19?,20?,21+,22?,23+,24-,25-;/m1./s1. The van der Waals surface area contributed by atoms with Gasteiger partial charge in [0, 0.05) is 0 Å². The summed E-state index contributed by atoms with van der Waals surface area (Å²) >= 11 is 0. The Bertz CT molecular complexity index is 875. The lowest BCUT2D eigenvalue weighted by Gasteiger charge is -2.64. The molecule has 0 bridgehead atoms. The molecule has 0 aliphatic heterocycles. The van der Waals surface area contributed by atoms with Crippen LogP contribution in [0.25, 0.3) is 0 Å². The smallest absolute Gasteiger partial charge is 0.217 e. The van der Waals surface area contributed by atoms with Gasteiger partial charge in [-0.15, -0.1) is 0 Å². The van der Waals surface area contributed by atoms with Gasteiger partial charge in [-0.2, -0.15) is 0 Å². The van der Waals surface area contributed by atoms with Crippen molar-refractivity contribution in [3.05, 3.63) is 0 Å². The molecule has 230 valence electrons. The highest BCUT2D eigenvalue weighted by molar-refractivity contribution is 7.80. The summed E-state index contributed by atoms with van der Waals surface area (Å²) in [5, 5.41) is 22.1. The van der Waals surface area contributed by atoms with E-state index in [0.29, 0.717) is 36.0 Å². The molecule has 4 rings (SSSR count). The summed E-state index contributed by atoms with van der Waals surface area (Å²) in [5.74, 6) is 2.69. The lowest BCUT2D eigenvalue weighted by Crippen LogP contribution is -3.11. The molecular formula is C31H59NO6S. The fourth-order valence-electron chi connectivity index (χ4n) is 10.2. The third kappa shape index (κ3) is 6.88. The van der Waals surface area contributed by atoms with Gasteiger partial charge in [-0.05, 0) is 124 Å². The molecule has 11 atom stereocenters. The summed E-state index contributed by atoms with van der Waals surface area (Å²) in [6.07, 6.45) is 8.26. The Morgan fingerprint density at radius 3 is 2.05 bits per heavy atom. The minimum absolute atomic E-state index is 0.0427. The van der Waals surface area contributed by atoms with Crippen molar-refractivity contribution in [1.29, 1.82) is 0 Å². The molecule has 7 nitrogen and oxygen atoms in total. The number of aliphatic hydroxyl groups excluding tert-OH is 2. The van der Waals surface area contributed by atoms with E-state index in [4.69, 9.17) is 0 Å². The second-order valence-corrected chi connectivity index (χ2v) is 15.0. The molecular weight excluding hydrogens is 514 g/mol. The van der Waals surface area contributed by atoms with E-state index in [1.807, 2.05) is 0 Å². The zero-order chi connectivity index (χ0) is 29.2. The minimum Gasteiger partial charge on any atom is -0.726 e. The van der Waals surface area contributed by atoms with Crippen molar-refractivity contribution in [1.82, 2.24) is 0 Å². The molecule has 0 aromatic heterocycles. The molecule has 4 aliphatic carbocycles. The third-order valence-corrected chi connectivity index (χ3v) is 12.9.